The first-order chi connectivity index (χ1) is 6.63. The molecule has 0 radical (unpaired) electrons. The van der Waals surface area contributed by atoms with Crippen molar-refractivity contribution < 1.29 is 4.79 Å². The summed E-state index contributed by atoms with van der Waals surface area (Å²) in [6, 6.07) is 0.513. The maximum absolute atomic E-state index is 10.9. The molecule has 2 amide bonds. The van der Waals surface area contributed by atoms with Crippen LogP contribution in [0, 0.1) is 0 Å². The van der Waals surface area contributed by atoms with E-state index in [0.717, 1.165) is 25.9 Å². The Morgan fingerprint density at radius 3 is 2.64 bits per heavy atom. The highest BCUT2D eigenvalue weighted by molar-refractivity contribution is 5.72. The normalized spacial score (nSPS) is 20.5. The van der Waals surface area contributed by atoms with Crippen molar-refractivity contribution in [3.8, 4) is 0 Å². The number of hydrogen-bond acceptors (Lipinski definition) is 2. The van der Waals surface area contributed by atoms with Crippen LogP contribution < -0.4 is 11.1 Å². The number of piperidine rings is 1. The number of hydrogen-bond donors (Lipinski definition) is 2. The number of carbonyl (C=O) groups excluding carboxylic acids is 1. The number of primary amides is 1. The summed E-state index contributed by atoms with van der Waals surface area (Å²) in [5.74, 6) is 0. The summed E-state index contributed by atoms with van der Waals surface area (Å²) in [6.07, 6.45) is 3.84. The van der Waals surface area contributed by atoms with Crippen molar-refractivity contribution >= 4 is 6.03 Å². The number of amides is 2. The van der Waals surface area contributed by atoms with E-state index in [1.807, 2.05) is 6.08 Å². The van der Waals surface area contributed by atoms with E-state index in [1.165, 1.54) is 0 Å². The third-order valence-electron chi connectivity index (χ3n) is 2.66. The molecule has 0 spiro atoms. The van der Waals surface area contributed by atoms with E-state index in [2.05, 4.69) is 18.8 Å². The topological polar surface area (TPSA) is 58.4 Å². The highest BCUT2D eigenvalue weighted by Gasteiger charge is 2.21. The van der Waals surface area contributed by atoms with Gasteiger partial charge in [0.1, 0.15) is 0 Å². The molecule has 0 aromatic rings. The number of rotatable bonds is 3. The molecule has 4 nitrogen and oxygen atoms in total. The second-order valence-electron chi connectivity index (χ2n) is 3.79. The monoisotopic (exact) mass is 197 g/mol. The third-order valence-corrected chi connectivity index (χ3v) is 2.66. The molecule has 3 N–H and O–H groups in total. The fourth-order valence-electron chi connectivity index (χ4n) is 1.71. The molecule has 0 bridgehead atoms. The van der Waals surface area contributed by atoms with E-state index in [-0.39, 0.29) is 6.03 Å². The Labute approximate surface area is 85.1 Å². The van der Waals surface area contributed by atoms with Gasteiger partial charge >= 0.3 is 6.03 Å². The molecular formula is C10H19N3O. The van der Waals surface area contributed by atoms with Gasteiger partial charge in [-0.15, -0.1) is 6.58 Å². The summed E-state index contributed by atoms with van der Waals surface area (Å²) >= 11 is 0. The Morgan fingerprint density at radius 2 is 2.21 bits per heavy atom. The van der Waals surface area contributed by atoms with E-state index in [1.54, 1.807) is 4.90 Å². The average Bonchev–Trinajstić information content (AvgIpc) is 2.18. The molecule has 0 saturated carbocycles. The number of carbonyl (C=O) groups is 1. The third kappa shape index (κ3) is 3.03. The van der Waals surface area contributed by atoms with Gasteiger partial charge in [-0.1, -0.05) is 6.08 Å². The largest absolute Gasteiger partial charge is 0.351 e. The number of likely N-dealkylation sites (tertiary alicyclic amines) is 1. The van der Waals surface area contributed by atoms with Gasteiger partial charge in [0.05, 0.1) is 0 Å². The molecule has 1 atom stereocenters. The van der Waals surface area contributed by atoms with Gasteiger partial charge in [0.2, 0.25) is 0 Å². The predicted octanol–water partition coefficient (Wildman–Crippen LogP) is 0.694. The number of urea groups is 1. The van der Waals surface area contributed by atoms with Gasteiger partial charge in [-0.2, -0.15) is 0 Å². The first-order valence-corrected chi connectivity index (χ1v) is 5.06. The molecule has 0 aromatic heterocycles. The highest BCUT2D eigenvalue weighted by atomic mass is 16.2. The van der Waals surface area contributed by atoms with Crippen LogP contribution in [0.25, 0.3) is 0 Å². The quantitative estimate of drug-likeness (QED) is 0.654. The van der Waals surface area contributed by atoms with E-state index >= 15 is 0 Å². The molecule has 1 aliphatic heterocycles. The minimum absolute atomic E-state index is 0.305. The van der Waals surface area contributed by atoms with E-state index in [0.29, 0.717) is 12.1 Å². The van der Waals surface area contributed by atoms with Gasteiger partial charge in [-0.25, -0.2) is 4.79 Å². The van der Waals surface area contributed by atoms with Crippen LogP contribution in [0.3, 0.4) is 0 Å². The fourth-order valence-corrected chi connectivity index (χ4v) is 1.71. The van der Waals surface area contributed by atoms with E-state index in [4.69, 9.17) is 5.73 Å². The Kier molecular flexibility index (Phi) is 3.95. The zero-order chi connectivity index (χ0) is 10.6. The summed E-state index contributed by atoms with van der Waals surface area (Å²) in [7, 11) is 0. The maximum Gasteiger partial charge on any atom is 0.314 e. The van der Waals surface area contributed by atoms with Gasteiger partial charge in [-0.3, -0.25) is 0 Å². The van der Waals surface area contributed by atoms with Gasteiger partial charge in [0.15, 0.2) is 0 Å². The highest BCUT2D eigenvalue weighted by Crippen LogP contribution is 2.10. The molecule has 1 rings (SSSR count). The molecule has 1 saturated heterocycles. The van der Waals surface area contributed by atoms with Gasteiger partial charge in [0.25, 0.3) is 0 Å². The SMILES string of the molecule is C=CC(C)NC1CCN(C(N)=O)CC1. The second kappa shape index (κ2) is 5.00. The van der Waals surface area contributed by atoms with Crippen LogP contribution in [0.4, 0.5) is 4.79 Å². The summed E-state index contributed by atoms with van der Waals surface area (Å²) in [6.45, 7) is 7.32. The number of nitrogens with zero attached hydrogens (tertiary/aromatic N) is 1. The van der Waals surface area contributed by atoms with Crippen molar-refractivity contribution in [2.75, 3.05) is 13.1 Å². The Balaban J connectivity index is 2.28. The molecule has 1 aliphatic rings. The molecule has 1 fully saturated rings. The lowest BCUT2D eigenvalue weighted by Crippen LogP contribution is -2.48. The minimum Gasteiger partial charge on any atom is -0.351 e. The molecule has 0 aliphatic carbocycles. The molecule has 80 valence electrons. The van der Waals surface area contributed by atoms with E-state index in [9.17, 15) is 4.79 Å². The van der Waals surface area contributed by atoms with Crippen molar-refractivity contribution in [2.24, 2.45) is 5.73 Å². The molecule has 0 aromatic carbocycles. The average molecular weight is 197 g/mol. The second-order valence-corrected chi connectivity index (χ2v) is 3.79. The number of nitrogens with one attached hydrogen (secondary N) is 1. The minimum atomic E-state index is -0.305. The van der Waals surface area contributed by atoms with Crippen LogP contribution in [0.5, 0.6) is 0 Å². The Morgan fingerprint density at radius 1 is 1.64 bits per heavy atom. The van der Waals surface area contributed by atoms with Gasteiger partial charge in [0, 0.05) is 25.2 Å². The summed E-state index contributed by atoms with van der Waals surface area (Å²) in [5, 5.41) is 3.43. The zero-order valence-corrected chi connectivity index (χ0v) is 8.70. The van der Waals surface area contributed by atoms with Crippen LogP contribution in [0.15, 0.2) is 12.7 Å². The van der Waals surface area contributed by atoms with Crippen LogP contribution in [0.2, 0.25) is 0 Å². The first kappa shape index (κ1) is 11.0. The van der Waals surface area contributed by atoms with Crippen LogP contribution >= 0.6 is 0 Å². The van der Waals surface area contributed by atoms with Crippen molar-refractivity contribution in [1.29, 1.82) is 0 Å². The van der Waals surface area contributed by atoms with E-state index < -0.39 is 0 Å². The van der Waals surface area contributed by atoms with Crippen LogP contribution in [-0.2, 0) is 0 Å². The smallest absolute Gasteiger partial charge is 0.314 e. The van der Waals surface area contributed by atoms with Crippen molar-refractivity contribution in [3.63, 3.8) is 0 Å². The lowest BCUT2D eigenvalue weighted by Gasteiger charge is -2.32. The molecule has 4 heteroatoms. The molecule has 14 heavy (non-hydrogen) atoms. The Hall–Kier alpha value is -1.03. The predicted molar refractivity (Wildman–Crippen MR) is 57.0 cm³/mol. The first-order valence-electron chi connectivity index (χ1n) is 5.06. The summed E-state index contributed by atoms with van der Waals surface area (Å²) in [5.41, 5.74) is 5.19. The van der Waals surface area contributed by atoms with Gasteiger partial charge in [-0.05, 0) is 19.8 Å². The summed E-state index contributed by atoms with van der Waals surface area (Å²) in [4.78, 5) is 12.5. The maximum atomic E-state index is 10.9. The molecule has 1 heterocycles. The molecule has 1 unspecified atom stereocenters. The zero-order valence-electron chi connectivity index (χ0n) is 8.70. The van der Waals surface area contributed by atoms with Crippen LogP contribution in [0.1, 0.15) is 19.8 Å². The van der Waals surface area contributed by atoms with Crippen molar-refractivity contribution in [3.05, 3.63) is 12.7 Å². The Bertz CT molecular complexity index is 209. The van der Waals surface area contributed by atoms with Crippen molar-refractivity contribution in [1.82, 2.24) is 10.2 Å². The lowest BCUT2D eigenvalue weighted by molar-refractivity contribution is 0.184. The fraction of sp³-hybridized carbons (Fsp3) is 0.700. The molecular weight excluding hydrogens is 178 g/mol. The lowest BCUT2D eigenvalue weighted by atomic mass is 10.0. The summed E-state index contributed by atoms with van der Waals surface area (Å²) < 4.78 is 0. The standard InChI is InChI=1S/C10H19N3O/c1-3-8(2)12-9-4-6-13(7-5-9)10(11)14/h3,8-9,12H,1,4-7H2,2H3,(H2,11,14). The number of nitrogens with two attached hydrogens (primary N) is 1. The van der Waals surface area contributed by atoms with Crippen molar-refractivity contribution in [2.45, 2.75) is 31.8 Å². The van der Waals surface area contributed by atoms with Crippen LogP contribution in [-0.4, -0.2) is 36.1 Å². The van der Waals surface area contributed by atoms with Gasteiger partial charge < -0.3 is 16.0 Å².